The summed E-state index contributed by atoms with van der Waals surface area (Å²) in [6.45, 7) is 0.996. The third-order valence-corrected chi connectivity index (χ3v) is 2.35. The van der Waals surface area contributed by atoms with Gasteiger partial charge in [0.1, 0.15) is 5.82 Å². The van der Waals surface area contributed by atoms with Gasteiger partial charge in [-0.3, -0.25) is 0 Å². The van der Waals surface area contributed by atoms with Gasteiger partial charge in [-0.05, 0) is 18.1 Å². The molecule has 1 N–H and O–H groups in total. The van der Waals surface area contributed by atoms with Crippen LogP contribution in [0.15, 0.2) is 12.3 Å². The molecule has 72 valence electrons. The van der Waals surface area contributed by atoms with Crippen molar-refractivity contribution >= 4 is 18.4 Å². The number of aromatic nitrogens is 1. The average molecular weight is 204 g/mol. The molecule has 0 spiro atoms. The summed E-state index contributed by atoms with van der Waals surface area (Å²) in [4.78, 5) is 4.31. The average Bonchev–Trinajstić information content (AvgIpc) is 2.65. The van der Waals surface area contributed by atoms with Crippen molar-refractivity contribution in [2.24, 2.45) is 0 Å². The Morgan fingerprint density at radius 2 is 2.50 bits per heavy atom. The second kappa shape index (κ2) is 4.39. The van der Waals surface area contributed by atoms with E-state index in [-0.39, 0.29) is 0 Å². The van der Waals surface area contributed by atoms with Gasteiger partial charge in [-0.15, -0.1) is 0 Å². The summed E-state index contributed by atoms with van der Waals surface area (Å²) in [6, 6.07) is 2.12. The van der Waals surface area contributed by atoms with Gasteiger partial charge in [0, 0.05) is 30.5 Å². The van der Waals surface area contributed by atoms with Gasteiger partial charge in [0.25, 0.3) is 0 Å². The van der Waals surface area contributed by atoms with E-state index in [2.05, 4.69) is 40.8 Å². The van der Waals surface area contributed by atoms with Gasteiger partial charge >= 0.3 is 0 Å². The highest BCUT2D eigenvalue weighted by atomic mass is 32.1. The molecule has 0 radical (unpaired) electrons. The van der Waals surface area contributed by atoms with Crippen molar-refractivity contribution < 1.29 is 0 Å². The van der Waals surface area contributed by atoms with Crippen LogP contribution in [0, 0.1) is 11.8 Å². The minimum atomic E-state index is 0.812. The van der Waals surface area contributed by atoms with Crippen molar-refractivity contribution in [1.29, 1.82) is 0 Å². The molecule has 14 heavy (non-hydrogen) atoms. The zero-order valence-electron chi connectivity index (χ0n) is 7.88. The van der Waals surface area contributed by atoms with Gasteiger partial charge in [-0.1, -0.05) is 11.8 Å². The smallest absolute Gasteiger partial charge is 0.129 e. The molecular weight excluding hydrogens is 192 g/mol. The van der Waals surface area contributed by atoms with Crippen molar-refractivity contribution in [1.82, 2.24) is 4.98 Å². The van der Waals surface area contributed by atoms with Crippen molar-refractivity contribution in [3.63, 3.8) is 0 Å². The lowest BCUT2D eigenvalue weighted by atomic mass is 10.2. The SMILES string of the molecule is SCCC#Cc1cnc2c(c1)CCN2. The number of hydrogen-bond acceptors (Lipinski definition) is 3. The third-order valence-electron chi connectivity index (χ3n) is 2.12. The lowest BCUT2D eigenvalue weighted by Crippen LogP contribution is -1.92. The van der Waals surface area contributed by atoms with E-state index >= 15 is 0 Å². The van der Waals surface area contributed by atoms with Crippen molar-refractivity contribution in [3.8, 4) is 11.8 Å². The number of nitrogens with zero attached hydrogens (tertiary/aromatic N) is 1. The molecule has 0 saturated heterocycles. The minimum absolute atomic E-state index is 0.812. The van der Waals surface area contributed by atoms with Crippen molar-refractivity contribution in [3.05, 3.63) is 23.4 Å². The number of nitrogens with one attached hydrogen (secondary N) is 1. The molecule has 1 aliphatic rings. The Morgan fingerprint density at radius 1 is 1.57 bits per heavy atom. The Labute approximate surface area is 89.5 Å². The fourth-order valence-electron chi connectivity index (χ4n) is 1.46. The van der Waals surface area contributed by atoms with Gasteiger partial charge in [0.2, 0.25) is 0 Å². The zero-order valence-corrected chi connectivity index (χ0v) is 8.77. The second-order valence-electron chi connectivity index (χ2n) is 3.18. The molecule has 1 aromatic rings. The highest BCUT2D eigenvalue weighted by molar-refractivity contribution is 7.80. The van der Waals surface area contributed by atoms with E-state index < -0.39 is 0 Å². The fourth-order valence-corrected chi connectivity index (χ4v) is 1.58. The highest BCUT2D eigenvalue weighted by Gasteiger charge is 2.10. The summed E-state index contributed by atoms with van der Waals surface area (Å²) in [5.41, 5.74) is 2.29. The van der Waals surface area contributed by atoms with Crippen molar-refractivity contribution in [2.75, 3.05) is 17.6 Å². The summed E-state index contributed by atoms with van der Waals surface area (Å²) in [6.07, 6.45) is 3.71. The van der Waals surface area contributed by atoms with Gasteiger partial charge < -0.3 is 5.32 Å². The molecule has 2 nitrogen and oxygen atoms in total. The molecule has 1 aromatic heterocycles. The maximum Gasteiger partial charge on any atom is 0.129 e. The first-order valence-corrected chi connectivity index (χ1v) is 5.36. The molecule has 3 heteroatoms. The van der Waals surface area contributed by atoms with Crippen LogP contribution in [-0.2, 0) is 6.42 Å². The van der Waals surface area contributed by atoms with E-state index in [1.54, 1.807) is 0 Å². The molecule has 0 aromatic carbocycles. The Morgan fingerprint density at radius 3 is 3.36 bits per heavy atom. The third kappa shape index (κ3) is 2.02. The van der Waals surface area contributed by atoms with Crippen LogP contribution in [0.3, 0.4) is 0 Å². The van der Waals surface area contributed by atoms with Crippen LogP contribution in [0.5, 0.6) is 0 Å². The minimum Gasteiger partial charge on any atom is -0.370 e. The van der Waals surface area contributed by atoms with E-state index in [0.29, 0.717) is 0 Å². The van der Waals surface area contributed by atoms with Gasteiger partial charge in [0.15, 0.2) is 0 Å². The van der Waals surface area contributed by atoms with Crippen LogP contribution < -0.4 is 5.32 Å². The lowest BCUT2D eigenvalue weighted by molar-refractivity contribution is 1.11. The topological polar surface area (TPSA) is 24.9 Å². The summed E-state index contributed by atoms with van der Waals surface area (Å²) in [5, 5.41) is 3.22. The quantitative estimate of drug-likeness (QED) is 0.538. The van der Waals surface area contributed by atoms with Crippen LogP contribution in [-0.4, -0.2) is 17.3 Å². The number of hydrogen-bond donors (Lipinski definition) is 2. The van der Waals surface area contributed by atoms with Gasteiger partial charge in [-0.2, -0.15) is 12.6 Å². The maximum atomic E-state index is 4.31. The summed E-state index contributed by atoms with van der Waals surface area (Å²) in [7, 11) is 0. The van der Waals surface area contributed by atoms with E-state index in [1.165, 1.54) is 5.56 Å². The molecular formula is C11H12N2S. The summed E-state index contributed by atoms with van der Waals surface area (Å²) < 4.78 is 0. The molecule has 1 aliphatic heterocycles. The predicted molar refractivity (Wildman–Crippen MR) is 61.8 cm³/mol. The molecule has 0 aliphatic carbocycles. The number of pyridine rings is 1. The Balaban J connectivity index is 2.18. The van der Waals surface area contributed by atoms with Crippen molar-refractivity contribution in [2.45, 2.75) is 12.8 Å². The van der Waals surface area contributed by atoms with Crippen LogP contribution in [0.1, 0.15) is 17.5 Å². The Kier molecular flexibility index (Phi) is 2.95. The van der Waals surface area contributed by atoms with E-state index in [0.717, 1.165) is 36.5 Å². The summed E-state index contributed by atoms with van der Waals surface area (Å²) >= 11 is 4.10. The van der Waals surface area contributed by atoms with Crippen LogP contribution in [0.2, 0.25) is 0 Å². The first kappa shape index (κ1) is 9.42. The molecule has 0 saturated carbocycles. The molecule has 2 rings (SSSR count). The molecule has 2 heterocycles. The van der Waals surface area contributed by atoms with Gasteiger partial charge in [0.05, 0.1) is 0 Å². The normalized spacial score (nSPS) is 12.6. The van der Waals surface area contributed by atoms with E-state index in [1.807, 2.05) is 6.20 Å². The molecule has 0 unspecified atom stereocenters. The number of thiol groups is 1. The van der Waals surface area contributed by atoms with E-state index in [4.69, 9.17) is 0 Å². The number of fused-ring (bicyclic) bond motifs is 1. The molecule has 0 amide bonds. The first-order chi connectivity index (χ1) is 6.90. The maximum absolute atomic E-state index is 4.31. The highest BCUT2D eigenvalue weighted by Crippen LogP contribution is 2.19. The fraction of sp³-hybridized carbons (Fsp3) is 0.364. The predicted octanol–water partition coefficient (Wildman–Crippen LogP) is 1.72. The van der Waals surface area contributed by atoms with Crippen LogP contribution >= 0.6 is 12.6 Å². The van der Waals surface area contributed by atoms with Crippen LogP contribution in [0.25, 0.3) is 0 Å². The number of rotatable bonds is 1. The Bertz CT molecular complexity index is 390. The lowest BCUT2D eigenvalue weighted by Gasteiger charge is -1.97. The molecule has 0 bridgehead atoms. The monoisotopic (exact) mass is 204 g/mol. The molecule has 0 atom stereocenters. The van der Waals surface area contributed by atoms with E-state index in [9.17, 15) is 0 Å². The largest absolute Gasteiger partial charge is 0.370 e. The molecule has 0 fully saturated rings. The van der Waals surface area contributed by atoms with Crippen LogP contribution in [0.4, 0.5) is 5.82 Å². The Hall–Kier alpha value is -1.14. The first-order valence-electron chi connectivity index (χ1n) is 4.72. The standard InChI is InChI=1S/C11H12N2S/c14-6-2-1-3-9-7-10-4-5-12-11(10)13-8-9/h7-8,14H,2,4-6H2,(H,12,13). The van der Waals surface area contributed by atoms with Gasteiger partial charge in [-0.25, -0.2) is 4.98 Å². The number of anilines is 1. The summed E-state index contributed by atoms with van der Waals surface area (Å²) in [5.74, 6) is 7.97. The zero-order chi connectivity index (χ0) is 9.80. The second-order valence-corrected chi connectivity index (χ2v) is 3.63.